The summed E-state index contributed by atoms with van der Waals surface area (Å²) >= 11 is 0. The van der Waals surface area contributed by atoms with Crippen molar-refractivity contribution in [3.8, 4) is 5.75 Å². The van der Waals surface area contributed by atoms with Crippen LogP contribution in [0.4, 0.5) is 0 Å². The lowest BCUT2D eigenvalue weighted by molar-refractivity contribution is -0.138. The van der Waals surface area contributed by atoms with E-state index < -0.39 is 18.1 Å². The number of rotatable bonds is 3. The van der Waals surface area contributed by atoms with Crippen LogP contribution in [0.1, 0.15) is 0 Å². The molecule has 1 aromatic carbocycles. The highest BCUT2D eigenvalue weighted by Crippen LogP contribution is 2.18. The first-order chi connectivity index (χ1) is 7.61. The fraction of sp³-hybridized carbons (Fsp3) is 0.200. The number of carboxylic acid groups (broad SMARTS) is 1. The molecule has 16 heavy (non-hydrogen) atoms. The molecule has 0 bridgehead atoms. The number of fused-ring (bicyclic) bond motifs is 1. The Kier molecular flexibility index (Phi) is 2.40. The van der Waals surface area contributed by atoms with Crippen LogP contribution in [-0.2, 0) is 11.3 Å². The molecule has 0 fully saturated rings. The maximum atomic E-state index is 11.6. The quantitative estimate of drug-likeness (QED) is 0.827. The summed E-state index contributed by atoms with van der Waals surface area (Å²) in [4.78, 5) is 22.1. The molecule has 6 nitrogen and oxygen atoms in total. The van der Waals surface area contributed by atoms with Gasteiger partial charge in [0.2, 0.25) is 0 Å². The molecule has 0 aliphatic heterocycles. The lowest BCUT2D eigenvalue weighted by Gasteiger charge is -1.95. The van der Waals surface area contributed by atoms with E-state index in [1.54, 1.807) is 12.1 Å². The molecular weight excluding hydrogens is 214 g/mol. The van der Waals surface area contributed by atoms with Gasteiger partial charge < -0.3 is 14.4 Å². The molecular formula is C10H9NO5. The minimum Gasteiger partial charge on any atom is -0.497 e. The minimum atomic E-state index is -1.13. The van der Waals surface area contributed by atoms with Crippen LogP contribution in [0.25, 0.3) is 11.0 Å². The zero-order valence-corrected chi connectivity index (χ0v) is 8.47. The van der Waals surface area contributed by atoms with Gasteiger partial charge in [0, 0.05) is 6.07 Å². The van der Waals surface area contributed by atoms with Crippen molar-refractivity contribution in [1.82, 2.24) is 4.74 Å². The Bertz CT molecular complexity index is 595. The lowest BCUT2D eigenvalue weighted by atomic mass is 10.2. The van der Waals surface area contributed by atoms with E-state index in [2.05, 4.69) is 0 Å². The Morgan fingerprint density at radius 3 is 2.94 bits per heavy atom. The highest BCUT2D eigenvalue weighted by Gasteiger charge is 2.12. The normalized spacial score (nSPS) is 10.6. The smallest absolute Gasteiger partial charge is 0.326 e. The van der Waals surface area contributed by atoms with Gasteiger partial charge in [0.25, 0.3) is 5.56 Å². The van der Waals surface area contributed by atoms with Gasteiger partial charge in [-0.2, -0.15) is 4.74 Å². The topological polar surface area (TPSA) is 81.7 Å². The second-order valence-electron chi connectivity index (χ2n) is 3.19. The summed E-state index contributed by atoms with van der Waals surface area (Å²) in [7, 11) is 1.49. The number of carboxylic acids is 1. The van der Waals surface area contributed by atoms with Gasteiger partial charge in [-0.05, 0) is 12.1 Å². The van der Waals surface area contributed by atoms with Crippen LogP contribution in [0.2, 0.25) is 0 Å². The van der Waals surface area contributed by atoms with Crippen LogP contribution in [0.3, 0.4) is 0 Å². The largest absolute Gasteiger partial charge is 0.497 e. The zero-order valence-electron chi connectivity index (χ0n) is 8.47. The van der Waals surface area contributed by atoms with Crippen molar-refractivity contribution in [3.05, 3.63) is 28.6 Å². The molecule has 0 atom stereocenters. The maximum absolute atomic E-state index is 11.6. The van der Waals surface area contributed by atoms with Crippen LogP contribution in [0, 0.1) is 0 Å². The SMILES string of the molecule is COc1ccc2c(=O)n(CC(=O)O)oc2c1. The van der Waals surface area contributed by atoms with E-state index in [1.807, 2.05) is 0 Å². The van der Waals surface area contributed by atoms with Crippen molar-refractivity contribution in [3.63, 3.8) is 0 Å². The molecule has 0 aliphatic carbocycles. The first kappa shape index (κ1) is 10.3. The van der Waals surface area contributed by atoms with Crippen LogP contribution in [0.5, 0.6) is 5.75 Å². The van der Waals surface area contributed by atoms with Gasteiger partial charge >= 0.3 is 5.97 Å². The van der Waals surface area contributed by atoms with E-state index in [9.17, 15) is 9.59 Å². The molecule has 2 aromatic rings. The van der Waals surface area contributed by atoms with Gasteiger partial charge in [-0.1, -0.05) is 0 Å². The molecule has 0 spiro atoms. The van der Waals surface area contributed by atoms with Gasteiger partial charge in [-0.25, -0.2) is 0 Å². The second-order valence-corrected chi connectivity index (χ2v) is 3.19. The van der Waals surface area contributed by atoms with Gasteiger partial charge in [-0.15, -0.1) is 0 Å². The molecule has 1 heterocycles. The summed E-state index contributed by atoms with van der Waals surface area (Å²) in [6, 6.07) is 4.69. The number of methoxy groups -OCH3 is 1. The predicted molar refractivity (Wildman–Crippen MR) is 54.7 cm³/mol. The van der Waals surface area contributed by atoms with Crippen molar-refractivity contribution < 1.29 is 19.2 Å². The fourth-order valence-electron chi connectivity index (χ4n) is 1.40. The van der Waals surface area contributed by atoms with Crippen LogP contribution < -0.4 is 10.3 Å². The molecule has 0 aliphatic rings. The van der Waals surface area contributed by atoms with Crippen LogP contribution >= 0.6 is 0 Å². The number of nitrogens with zero attached hydrogens (tertiary/aromatic N) is 1. The Morgan fingerprint density at radius 1 is 1.56 bits per heavy atom. The third kappa shape index (κ3) is 1.65. The van der Waals surface area contributed by atoms with E-state index in [0.717, 1.165) is 4.74 Å². The van der Waals surface area contributed by atoms with E-state index in [0.29, 0.717) is 16.7 Å². The standard InChI is InChI=1S/C10H9NO5/c1-15-6-2-3-7-8(4-6)16-11(10(7)14)5-9(12)13/h2-4H,5H2,1H3,(H,12,13). The van der Waals surface area contributed by atoms with Crippen molar-refractivity contribution in [1.29, 1.82) is 0 Å². The third-order valence-electron chi connectivity index (χ3n) is 2.13. The summed E-state index contributed by atoms with van der Waals surface area (Å²) in [6.07, 6.45) is 0. The number of carbonyl (C=O) groups is 1. The monoisotopic (exact) mass is 223 g/mol. The molecule has 0 radical (unpaired) electrons. The first-order valence-corrected chi connectivity index (χ1v) is 4.51. The van der Waals surface area contributed by atoms with Crippen molar-refractivity contribution in [2.75, 3.05) is 7.11 Å². The maximum Gasteiger partial charge on any atom is 0.326 e. The van der Waals surface area contributed by atoms with Crippen molar-refractivity contribution in [2.24, 2.45) is 0 Å². The van der Waals surface area contributed by atoms with Crippen molar-refractivity contribution in [2.45, 2.75) is 6.54 Å². The second kappa shape index (κ2) is 3.73. The first-order valence-electron chi connectivity index (χ1n) is 4.51. The number of benzene rings is 1. The number of ether oxygens (including phenoxy) is 1. The van der Waals surface area contributed by atoms with Crippen LogP contribution in [0.15, 0.2) is 27.5 Å². The highest BCUT2D eigenvalue weighted by molar-refractivity contribution is 5.77. The fourth-order valence-corrected chi connectivity index (χ4v) is 1.40. The van der Waals surface area contributed by atoms with Crippen LogP contribution in [-0.4, -0.2) is 22.9 Å². The average molecular weight is 223 g/mol. The molecule has 84 valence electrons. The Morgan fingerprint density at radius 2 is 2.31 bits per heavy atom. The van der Waals surface area contributed by atoms with Crippen molar-refractivity contribution >= 4 is 16.9 Å². The molecule has 0 amide bonds. The summed E-state index contributed by atoms with van der Waals surface area (Å²) in [5, 5.41) is 8.91. The molecule has 0 saturated carbocycles. The summed E-state index contributed by atoms with van der Waals surface area (Å²) < 4.78 is 10.9. The Balaban J connectivity index is 2.58. The Labute approximate surface area is 89.6 Å². The summed E-state index contributed by atoms with van der Waals surface area (Å²) in [5.74, 6) is -0.586. The van der Waals surface area contributed by atoms with Gasteiger partial charge in [0.15, 0.2) is 12.1 Å². The number of hydrogen-bond donors (Lipinski definition) is 1. The molecule has 0 unspecified atom stereocenters. The number of aromatic nitrogens is 1. The molecule has 0 saturated heterocycles. The van der Waals surface area contributed by atoms with E-state index in [-0.39, 0.29) is 0 Å². The van der Waals surface area contributed by atoms with E-state index in [1.165, 1.54) is 13.2 Å². The summed E-state index contributed by atoms with van der Waals surface area (Å²) in [6.45, 7) is -0.490. The third-order valence-corrected chi connectivity index (χ3v) is 2.13. The van der Waals surface area contributed by atoms with E-state index in [4.69, 9.17) is 14.4 Å². The van der Waals surface area contributed by atoms with Gasteiger partial charge in [0.05, 0.1) is 12.5 Å². The number of hydrogen-bond acceptors (Lipinski definition) is 4. The molecule has 1 aromatic heterocycles. The molecule has 6 heteroatoms. The molecule has 2 rings (SSSR count). The lowest BCUT2D eigenvalue weighted by Crippen LogP contribution is -2.19. The highest BCUT2D eigenvalue weighted by atomic mass is 16.5. The minimum absolute atomic E-state index is 0.311. The zero-order chi connectivity index (χ0) is 11.7. The van der Waals surface area contributed by atoms with Gasteiger partial charge in [-0.3, -0.25) is 9.59 Å². The number of aliphatic carboxylic acids is 1. The summed E-state index contributed by atoms with van der Waals surface area (Å²) in [5.41, 5.74) is -0.148. The predicted octanol–water partition coefficient (Wildman–Crippen LogP) is 0.688. The molecule has 1 N–H and O–H groups in total. The van der Waals surface area contributed by atoms with Gasteiger partial charge in [0.1, 0.15) is 5.75 Å². The Hall–Kier alpha value is -2.24. The average Bonchev–Trinajstić information content (AvgIpc) is 2.54. The van der Waals surface area contributed by atoms with E-state index >= 15 is 0 Å².